The van der Waals surface area contributed by atoms with E-state index in [0.717, 1.165) is 0 Å². The Morgan fingerprint density at radius 2 is 1.96 bits per heavy atom. The molecule has 0 saturated heterocycles. The number of nitrogens with one attached hydrogen (secondary N) is 2. The van der Waals surface area contributed by atoms with Gasteiger partial charge in [0.25, 0.3) is 5.56 Å². The van der Waals surface area contributed by atoms with Crippen LogP contribution >= 0.6 is 11.6 Å². The summed E-state index contributed by atoms with van der Waals surface area (Å²) in [5.74, 6) is 1.46. The van der Waals surface area contributed by atoms with Crippen LogP contribution in [0.4, 0.5) is 5.69 Å². The maximum absolute atomic E-state index is 11.3. The average molecular weight is 339 g/mol. The summed E-state index contributed by atoms with van der Waals surface area (Å²) in [5.41, 5.74) is 3.07. The lowest BCUT2D eigenvalue weighted by Gasteiger charge is -2.13. The van der Waals surface area contributed by atoms with E-state index in [2.05, 4.69) is 20.7 Å². The van der Waals surface area contributed by atoms with Gasteiger partial charge in [0.2, 0.25) is 5.75 Å². The van der Waals surface area contributed by atoms with E-state index in [1.165, 1.54) is 33.7 Å². The van der Waals surface area contributed by atoms with Crippen LogP contribution in [-0.4, -0.2) is 37.7 Å². The van der Waals surface area contributed by atoms with Crippen molar-refractivity contribution in [2.75, 3.05) is 26.8 Å². The topological polar surface area (TPSA) is 97.8 Å². The third-order valence-corrected chi connectivity index (χ3v) is 3.29. The third kappa shape index (κ3) is 3.54. The minimum absolute atomic E-state index is 0.0311. The number of hydrazone groups is 1. The highest BCUT2D eigenvalue weighted by Gasteiger charge is 2.14. The molecule has 0 bridgehead atoms. The first-order valence-corrected chi connectivity index (χ1v) is 6.81. The summed E-state index contributed by atoms with van der Waals surface area (Å²) in [6, 6.07) is 3.48. The fourth-order valence-corrected chi connectivity index (χ4v) is 1.99. The third-order valence-electron chi connectivity index (χ3n) is 2.92. The summed E-state index contributed by atoms with van der Waals surface area (Å²) < 4.78 is 15.8. The van der Waals surface area contributed by atoms with Crippen molar-refractivity contribution in [2.24, 2.45) is 5.10 Å². The zero-order chi connectivity index (χ0) is 16.8. The quantitative estimate of drug-likeness (QED) is 0.616. The number of methoxy groups -OCH3 is 3. The number of aromatic amines is 1. The van der Waals surface area contributed by atoms with E-state index in [1.807, 2.05) is 0 Å². The molecule has 0 spiro atoms. The normalized spacial score (nSPS) is 10.6. The molecule has 0 unspecified atom stereocenters. The lowest BCUT2D eigenvalue weighted by atomic mass is 10.2. The van der Waals surface area contributed by atoms with Gasteiger partial charge in [-0.3, -0.25) is 10.2 Å². The molecule has 1 heterocycles. The van der Waals surface area contributed by atoms with Crippen LogP contribution in [0.15, 0.2) is 28.2 Å². The number of hydrogen-bond donors (Lipinski definition) is 2. The van der Waals surface area contributed by atoms with Crippen molar-refractivity contribution in [3.8, 4) is 17.2 Å². The Balaban J connectivity index is 2.29. The summed E-state index contributed by atoms with van der Waals surface area (Å²) in [7, 11) is 4.56. The Morgan fingerprint density at radius 3 is 2.61 bits per heavy atom. The molecule has 122 valence electrons. The molecule has 0 amide bonds. The Labute approximate surface area is 137 Å². The van der Waals surface area contributed by atoms with Gasteiger partial charge in [-0.05, 0) is 12.1 Å². The van der Waals surface area contributed by atoms with Gasteiger partial charge in [0, 0.05) is 5.56 Å². The van der Waals surface area contributed by atoms with E-state index < -0.39 is 5.56 Å². The number of halogens is 1. The molecule has 9 heteroatoms. The van der Waals surface area contributed by atoms with Gasteiger partial charge in [0.1, 0.15) is 10.7 Å². The first-order valence-electron chi connectivity index (χ1n) is 6.43. The molecule has 8 nitrogen and oxygen atoms in total. The molecule has 0 aliphatic rings. The van der Waals surface area contributed by atoms with Crippen molar-refractivity contribution in [1.29, 1.82) is 0 Å². The molecule has 1 aromatic carbocycles. The van der Waals surface area contributed by atoms with Crippen molar-refractivity contribution < 1.29 is 14.2 Å². The monoisotopic (exact) mass is 338 g/mol. The van der Waals surface area contributed by atoms with Gasteiger partial charge in [-0.2, -0.15) is 10.2 Å². The fraction of sp³-hybridized carbons (Fsp3) is 0.214. The summed E-state index contributed by atoms with van der Waals surface area (Å²) in [5, 5.41) is 9.84. The van der Waals surface area contributed by atoms with Crippen molar-refractivity contribution in [3.63, 3.8) is 0 Å². The Kier molecular flexibility index (Phi) is 5.42. The number of nitrogens with zero attached hydrogens (tertiary/aromatic N) is 2. The molecule has 0 fully saturated rings. The molecule has 0 atom stereocenters. The maximum atomic E-state index is 11.3. The standard InChI is InChI=1S/C14H15ClN4O4/c1-21-10-5-4-8(12(22-2)13(10)23-3)6-16-18-9-7-17-19-14(20)11(9)15/h4-7H,1-3H3,(H2,18,19,20)/b16-6-. The molecule has 2 aromatic rings. The summed E-state index contributed by atoms with van der Waals surface area (Å²) >= 11 is 5.84. The number of aromatic nitrogens is 2. The van der Waals surface area contributed by atoms with Crippen LogP contribution in [0, 0.1) is 0 Å². The Bertz CT molecular complexity index is 776. The number of hydrogen-bond acceptors (Lipinski definition) is 7. The molecular formula is C14H15ClN4O4. The van der Waals surface area contributed by atoms with E-state index in [1.54, 1.807) is 12.1 Å². The molecule has 23 heavy (non-hydrogen) atoms. The summed E-state index contributed by atoms with van der Waals surface area (Å²) in [6.07, 6.45) is 2.85. The van der Waals surface area contributed by atoms with Gasteiger partial charge in [0.15, 0.2) is 11.5 Å². The molecule has 1 aromatic heterocycles. The minimum Gasteiger partial charge on any atom is -0.493 e. The van der Waals surface area contributed by atoms with Crippen molar-refractivity contribution >= 4 is 23.5 Å². The van der Waals surface area contributed by atoms with E-state index in [0.29, 0.717) is 22.8 Å². The lowest BCUT2D eigenvalue weighted by Crippen LogP contribution is -2.10. The predicted octanol–water partition coefficient (Wildman–Crippen LogP) is 1.90. The van der Waals surface area contributed by atoms with Crippen LogP contribution in [0.5, 0.6) is 17.2 Å². The van der Waals surface area contributed by atoms with E-state index in [9.17, 15) is 4.79 Å². The molecular weight excluding hydrogens is 324 g/mol. The zero-order valence-electron chi connectivity index (χ0n) is 12.7. The van der Waals surface area contributed by atoms with Gasteiger partial charge in [-0.25, -0.2) is 5.10 Å². The van der Waals surface area contributed by atoms with Gasteiger partial charge in [0.05, 0.1) is 33.7 Å². The molecule has 2 rings (SSSR count). The molecule has 0 radical (unpaired) electrons. The van der Waals surface area contributed by atoms with Crippen LogP contribution in [0.25, 0.3) is 0 Å². The van der Waals surface area contributed by atoms with Crippen molar-refractivity contribution in [3.05, 3.63) is 39.3 Å². The van der Waals surface area contributed by atoms with Crippen LogP contribution < -0.4 is 25.2 Å². The second-order valence-electron chi connectivity index (χ2n) is 4.22. The molecule has 0 saturated carbocycles. The van der Waals surface area contributed by atoms with Crippen molar-refractivity contribution in [2.45, 2.75) is 0 Å². The zero-order valence-corrected chi connectivity index (χ0v) is 13.5. The van der Waals surface area contributed by atoms with Crippen LogP contribution in [-0.2, 0) is 0 Å². The number of rotatable bonds is 6. The van der Waals surface area contributed by atoms with Crippen molar-refractivity contribution in [1.82, 2.24) is 10.2 Å². The number of benzene rings is 1. The minimum atomic E-state index is -0.504. The highest BCUT2D eigenvalue weighted by atomic mass is 35.5. The smallest absolute Gasteiger partial charge is 0.285 e. The van der Waals surface area contributed by atoms with Gasteiger partial charge >= 0.3 is 0 Å². The summed E-state index contributed by atoms with van der Waals surface area (Å²) in [4.78, 5) is 11.3. The molecule has 0 aliphatic heterocycles. The van der Waals surface area contributed by atoms with Crippen LogP contribution in [0.3, 0.4) is 0 Å². The second-order valence-corrected chi connectivity index (χ2v) is 4.60. The number of anilines is 1. The highest BCUT2D eigenvalue weighted by molar-refractivity contribution is 6.32. The second kappa shape index (κ2) is 7.50. The largest absolute Gasteiger partial charge is 0.493 e. The Morgan fingerprint density at radius 1 is 1.22 bits per heavy atom. The maximum Gasteiger partial charge on any atom is 0.285 e. The van der Waals surface area contributed by atoms with Gasteiger partial charge in [-0.15, -0.1) is 0 Å². The lowest BCUT2D eigenvalue weighted by molar-refractivity contribution is 0.324. The first-order chi connectivity index (χ1) is 11.1. The van der Waals surface area contributed by atoms with E-state index in [-0.39, 0.29) is 10.7 Å². The van der Waals surface area contributed by atoms with Crippen LogP contribution in [0.1, 0.15) is 5.56 Å². The first kappa shape index (κ1) is 16.6. The van der Waals surface area contributed by atoms with E-state index in [4.69, 9.17) is 25.8 Å². The molecule has 0 aliphatic carbocycles. The van der Waals surface area contributed by atoms with Gasteiger partial charge in [-0.1, -0.05) is 11.6 Å². The summed E-state index contributed by atoms with van der Waals surface area (Å²) in [6.45, 7) is 0. The predicted molar refractivity (Wildman–Crippen MR) is 87.2 cm³/mol. The SMILES string of the molecule is COc1ccc(/C=N\Nc2cn[nH]c(=O)c2Cl)c(OC)c1OC. The average Bonchev–Trinajstić information content (AvgIpc) is 2.57. The van der Waals surface area contributed by atoms with Gasteiger partial charge < -0.3 is 14.2 Å². The fourth-order valence-electron chi connectivity index (χ4n) is 1.86. The van der Waals surface area contributed by atoms with Crippen LogP contribution in [0.2, 0.25) is 5.02 Å². The number of ether oxygens (including phenoxy) is 3. The number of H-pyrrole nitrogens is 1. The Hall–Kier alpha value is -2.74. The van der Waals surface area contributed by atoms with E-state index >= 15 is 0 Å². The highest BCUT2D eigenvalue weighted by Crippen LogP contribution is 2.38. The molecule has 2 N–H and O–H groups in total.